The van der Waals surface area contributed by atoms with Crippen LogP contribution in [0.15, 0.2) is 12.1 Å². The second-order valence-electron chi connectivity index (χ2n) is 3.39. The van der Waals surface area contributed by atoms with Crippen LogP contribution in [0.3, 0.4) is 0 Å². The zero-order valence-electron chi connectivity index (χ0n) is 8.24. The molecule has 4 heteroatoms. The van der Waals surface area contributed by atoms with Gasteiger partial charge in [0.2, 0.25) is 0 Å². The molecule has 0 aliphatic rings. The van der Waals surface area contributed by atoms with Crippen LogP contribution in [-0.4, -0.2) is 4.98 Å². The van der Waals surface area contributed by atoms with Crippen molar-refractivity contribution in [3.05, 3.63) is 39.3 Å². The number of rotatable bonds is 0. The molecule has 1 aromatic carbocycles. The van der Waals surface area contributed by atoms with Gasteiger partial charge >= 0.3 is 0 Å². The van der Waals surface area contributed by atoms with Gasteiger partial charge in [0, 0.05) is 5.69 Å². The Morgan fingerprint density at radius 2 is 1.87 bits per heavy atom. The first-order valence-electron chi connectivity index (χ1n) is 4.42. The highest BCUT2D eigenvalue weighted by atomic mass is 35.5. The number of pyridine rings is 1. The van der Waals surface area contributed by atoms with E-state index in [1.807, 2.05) is 13.8 Å². The molecule has 0 fully saturated rings. The summed E-state index contributed by atoms with van der Waals surface area (Å²) in [6.45, 7) is 3.63. The number of benzene rings is 1. The topological polar surface area (TPSA) is 12.9 Å². The van der Waals surface area contributed by atoms with Crippen molar-refractivity contribution in [2.24, 2.45) is 0 Å². The molecule has 78 valence electrons. The van der Waals surface area contributed by atoms with Gasteiger partial charge in [-0.1, -0.05) is 23.2 Å². The zero-order chi connectivity index (χ0) is 11.2. The maximum Gasteiger partial charge on any atom is 0.134 e. The van der Waals surface area contributed by atoms with E-state index in [-0.39, 0.29) is 0 Å². The highest BCUT2D eigenvalue weighted by Crippen LogP contribution is 2.33. The van der Waals surface area contributed by atoms with Crippen molar-refractivity contribution < 1.29 is 4.39 Å². The number of aryl methyl sites for hydroxylation is 1. The summed E-state index contributed by atoms with van der Waals surface area (Å²) in [6.07, 6.45) is 0. The molecule has 0 saturated carbocycles. The Labute approximate surface area is 96.8 Å². The van der Waals surface area contributed by atoms with Crippen LogP contribution >= 0.6 is 23.2 Å². The van der Waals surface area contributed by atoms with Crippen molar-refractivity contribution in [3.8, 4) is 0 Å². The van der Waals surface area contributed by atoms with Crippen LogP contribution in [0.5, 0.6) is 0 Å². The molecule has 2 aromatic rings. The number of fused-ring (bicyclic) bond motifs is 1. The third-order valence-electron chi connectivity index (χ3n) is 2.45. The number of nitrogens with zero attached hydrogens (tertiary/aromatic N) is 1. The van der Waals surface area contributed by atoms with Crippen LogP contribution < -0.4 is 0 Å². The molecule has 0 N–H and O–H groups in total. The van der Waals surface area contributed by atoms with Gasteiger partial charge in [-0.15, -0.1) is 0 Å². The lowest BCUT2D eigenvalue weighted by molar-refractivity contribution is 0.639. The predicted molar refractivity (Wildman–Crippen MR) is 61.2 cm³/mol. The van der Waals surface area contributed by atoms with E-state index < -0.39 is 5.82 Å². The van der Waals surface area contributed by atoms with Gasteiger partial charge in [-0.05, 0) is 31.5 Å². The normalized spacial score (nSPS) is 11.0. The fraction of sp³-hybridized carbons (Fsp3) is 0.182. The third kappa shape index (κ3) is 1.58. The molecule has 0 spiro atoms. The van der Waals surface area contributed by atoms with Crippen LogP contribution in [-0.2, 0) is 0 Å². The van der Waals surface area contributed by atoms with Gasteiger partial charge in [0.1, 0.15) is 5.82 Å². The summed E-state index contributed by atoms with van der Waals surface area (Å²) in [5.41, 5.74) is 1.97. The predicted octanol–water partition coefficient (Wildman–Crippen LogP) is 4.30. The van der Waals surface area contributed by atoms with Crippen LogP contribution in [0.25, 0.3) is 10.9 Å². The summed E-state index contributed by atoms with van der Waals surface area (Å²) in [5.74, 6) is -0.394. The minimum absolute atomic E-state index is 0.298. The molecular weight excluding hydrogens is 236 g/mol. The summed E-state index contributed by atoms with van der Waals surface area (Å²) in [7, 11) is 0. The Morgan fingerprint density at radius 3 is 2.53 bits per heavy atom. The first kappa shape index (κ1) is 10.7. The van der Waals surface area contributed by atoms with E-state index in [9.17, 15) is 4.39 Å². The Morgan fingerprint density at radius 1 is 1.20 bits per heavy atom. The molecule has 0 bridgehead atoms. The van der Waals surface area contributed by atoms with Gasteiger partial charge in [-0.25, -0.2) is 4.39 Å². The van der Waals surface area contributed by atoms with Crippen molar-refractivity contribution in [1.29, 1.82) is 0 Å². The van der Waals surface area contributed by atoms with Gasteiger partial charge < -0.3 is 0 Å². The Kier molecular flexibility index (Phi) is 2.57. The number of halogens is 3. The molecule has 2 rings (SSSR count). The van der Waals surface area contributed by atoms with E-state index in [0.717, 1.165) is 11.3 Å². The maximum atomic E-state index is 13.6. The largest absolute Gasteiger partial charge is 0.251 e. The van der Waals surface area contributed by atoms with Crippen molar-refractivity contribution in [2.75, 3.05) is 0 Å². The molecule has 1 aromatic heterocycles. The highest BCUT2D eigenvalue weighted by molar-refractivity contribution is 6.39. The van der Waals surface area contributed by atoms with Crippen molar-refractivity contribution in [2.45, 2.75) is 13.8 Å². The first-order chi connectivity index (χ1) is 7.02. The van der Waals surface area contributed by atoms with E-state index in [2.05, 4.69) is 4.98 Å². The number of aromatic nitrogens is 1. The van der Waals surface area contributed by atoms with E-state index in [1.54, 1.807) is 0 Å². The molecular formula is C11H8Cl2FN. The molecule has 1 heterocycles. The standard InChI is InChI=1S/C11H8Cl2FN/c1-5-6(2)15-11-7(12)3-4-8(14)9(11)10(5)13/h3-4H,1-2H3. The second-order valence-corrected chi connectivity index (χ2v) is 4.17. The van der Waals surface area contributed by atoms with Crippen molar-refractivity contribution >= 4 is 34.1 Å². The lowest BCUT2D eigenvalue weighted by Gasteiger charge is -2.08. The average Bonchev–Trinajstić information content (AvgIpc) is 2.20. The lowest BCUT2D eigenvalue weighted by atomic mass is 10.1. The molecule has 15 heavy (non-hydrogen) atoms. The molecule has 1 nitrogen and oxygen atoms in total. The summed E-state index contributed by atoms with van der Waals surface area (Å²) >= 11 is 12.0. The van der Waals surface area contributed by atoms with Crippen LogP contribution in [0.2, 0.25) is 10.0 Å². The highest BCUT2D eigenvalue weighted by Gasteiger charge is 2.13. The molecule has 0 saturated heterocycles. The molecule has 0 aliphatic carbocycles. The molecule has 0 aliphatic heterocycles. The smallest absolute Gasteiger partial charge is 0.134 e. The third-order valence-corrected chi connectivity index (χ3v) is 3.23. The monoisotopic (exact) mass is 243 g/mol. The Bertz CT molecular complexity index is 552. The molecule has 0 amide bonds. The lowest BCUT2D eigenvalue weighted by Crippen LogP contribution is -1.93. The molecule has 0 radical (unpaired) electrons. The molecule has 0 atom stereocenters. The maximum absolute atomic E-state index is 13.6. The Balaban J connectivity index is 3.04. The average molecular weight is 244 g/mol. The summed E-state index contributed by atoms with van der Waals surface area (Å²) in [4.78, 5) is 4.24. The fourth-order valence-corrected chi connectivity index (χ4v) is 1.97. The van der Waals surface area contributed by atoms with Crippen molar-refractivity contribution in [3.63, 3.8) is 0 Å². The summed E-state index contributed by atoms with van der Waals surface area (Å²) < 4.78 is 13.6. The number of hydrogen-bond acceptors (Lipinski definition) is 1. The van der Waals surface area contributed by atoms with Gasteiger partial charge in [-0.3, -0.25) is 4.98 Å². The molecule has 0 unspecified atom stereocenters. The van der Waals surface area contributed by atoms with E-state index in [0.29, 0.717) is 20.9 Å². The van der Waals surface area contributed by atoms with Gasteiger partial charge in [-0.2, -0.15) is 0 Å². The van der Waals surface area contributed by atoms with Crippen molar-refractivity contribution in [1.82, 2.24) is 4.98 Å². The van der Waals surface area contributed by atoms with Gasteiger partial charge in [0.25, 0.3) is 0 Å². The fourth-order valence-electron chi connectivity index (χ4n) is 1.46. The minimum Gasteiger partial charge on any atom is -0.251 e. The van der Waals surface area contributed by atoms with E-state index in [1.165, 1.54) is 12.1 Å². The van der Waals surface area contributed by atoms with Crippen LogP contribution in [0.1, 0.15) is 11.3 Å². The summed E-state index contributed by atoms with van der Waals surface area (Å²) in [5, 5.41) is 1.10. The van der Waals surface area contributed by atoms with Crippen LogP contribution in [0, 0.1) is 19.7 Å². The van der Waals surface area contributed by atoms with Gasteiger partial charge in [0.15, 0.2) is 0 Å². The SMILES string of the molecule is Cc1nc2c(Cl)ccc(F)c2c(Cl)c1C. The summed E-state index contributed by atoms with van der Waals surface area (Å²) in [6, 6.07) is 2.78. The zero-order valence-corrected chi connectivity index (χ0v) is 9.75. The van der Waals surface area contributed by atoms with Gasteiger partial charge in [0.05, 0.1) is 20.9 Å². The van der Waals surface area contributed by atoms with E-state index in [4.69, 9.17) is 23.2 Å². The second kappa shape index (κ2) is 3.62. The number of hydrogen-bond donors (Lipinski definition) is 0. The Hall–Kier alpha value is -0.860. The first-order valence-corrected chi connectivity index (χ1v) is 5.18. The minimum atomic E-state index is -0.394. The quantitative estimate of drug-likeness (QED) is 0.673. The van der Waals surface area contributed by atoms with Crippen LogP contribution in [0.4, 0.5) is 4.39 Å². The van der Waals surface area contributed by atoms with E-state index >= 15 is 0 Å².